The number of piperidine rings is 1. The summed E-state index contributed by atoms with van der Waals surface area (Å²) < 4.78 is 21.3. The van der Waals surface area contributed by atoms with Crippen molar-refractivity contribution in [1.29, 1.82) is 0 Å². The van der Waals surface area contributed by atoms with Gasteiger partial charge in [0.1, 0.15) is 18.2 Å². The molecular formula is C22H33FIN7O. The molecule has 1 aromatic heterocycles. The summed E-state index contributed by atoms with van der Waals surface area (Å²) in [4.78, 5) is 7.00. The van der Waals surface area contributed by atoms with E-state index in [9.17, 15) is 4.39 Å². The van der Waals surface area contributed by atoms with Gasteiger partial charge < -0.3 is 24.8 Å². The van der Waals surface area contributed by atoms with Crippen LogP contribution in [-0.2, 0) is 18.3 Å². The summed E-state index contributed by atoms with van der Waals surface area (Å²) in [6, 6.07) is 7.13. The number of nitrogens with one attached hydrogen (secondary N) is 2. The molecule has 32 heavy (non-hydrogen) atoms. The van der Waals surface area contributed by atoms with Gasteiger partial charge in [-0.1, -0.05) is 6.07 Å². The fourth-order valence-corrected chi connectivity index (χ4v) is 4.06. The van der Waals surface area contributed by atoms with Gasteiger partial charge in [-0.15, -0.1) is 34.2 Å². The van der Waals surface area contributed by atoms with Crippen LogP contribution in [-0.4, -0.2) is 59.1 Å². The second-order valence-corrected chi connectivity index (χ2v) is 8.29. The maximum absolute atomic E-state index is 13.6. The van der Waals surface area contributed by atoms with Crippen LogP contribution in [0.25, 0.3) is 0 Å². The second kappa shape index (κ2) is 11.8. The van der Waals surface area contributed by atoms with E-state index in [2.05, 4.69) is 25.7 Å². The van der Waals surface area contributed by atoms with Crippen LogP contribution < -0.4 is 15.5 Å². The first-order valence-corrected chi connectivity index (χ1v) is 11.1. The number of aryl methyl sites for hydroxylation is 1. The molecule has 10 heteroatoms. The molecule has 2 aliphatic rings. The zero-order chi connectivity index (χ0) is 21.6. The predicted molar refractivity (Wildman–Crippen MR) is 134 cm³/mol. The Morgan fingerprint density at radius 3 is 2.72 bits per heavy atom. The lowest BCUT2D eigenvalue weighted by atomic mass is 10.0. The Morgan fingerprint density at radius 2 is 2.06 bits per heavy atom. The van der Waals surface area contributed by atoms with Crippen LogP contribution in [0.1, 0.15) is 37.3 Å². The van der Waals surface area contributed by atoms with Crippen LogP contribution >= 0.6 is 24.0 Å². The summed E-state index contributed by atoms with van der Waals surface area (Å²) in [5, 5.41) is 15.4. The molecule has 2 fully saturated rings. The lowest BCUT2D eigenvalue weighted by molar-refractivity contribution is 0.113. The standard InChI is InChI=1S/C22H32FN7O.HI/c1-16-27-28-21(29(16)2)15-25-22(24-14-20-7-4-12-31-20)26-18-8-10-30(11-9-18)19-6-3-5-17(23)13-19;/h3,5-6,13,18,20H,4,7-12,14-15H2,1-2H3,(H2,24,25,26);1H. The highest BCUT2D eigenvalue weighted by atomic mass is 127. The number of anilines is 1. The maximum Gasteiger partial charge on any atom is 0.192 e. The Hall–Kier alpha value is -1.95. The molecule has 4 rings (SSSR count). The molecule has 3 heterocycles. The molecule has 176 valence electrons. The number of ether oxygens (including phenoxy) is 1. The van der Waals surface area contributed by atoms with Crippen LogP contribution in [0.5, 0.6) is 0 Å². The van der Waals surface area contributed by atoms with Crippen LogP contribution in [0.4, 0.5) is 10.1 Å². The van der Waals surface area contributed by atoms with Crippen LogP contribution in [0.2, 0.25) is 0 Å². The fraction of sp³-hybridized carbons (Fsp3) is 0.591. The van der Waals surface area contributed by atoms with Gasteiger partial charge in [0.15, 0.2) is 11.8 Å². The fourth-order valence-electron chi connectivity index (χ4n) is 4.06. The van der Waals surface area contributed by atoms with Crippen molar-refractivity contribution in [2.75, 3.05) is 31.1 Å². The number of aliphatic imine (C=N–C) groups is 1. The molecule has 8 nitrogen and oxygen atoms in total. The summed E-state index contributed by atoms with van der Waals surface area (Å²) in [5.74, 6) is 2.29. The van der Waals surface area contributed by atoms with Crippen molar-refractivity contribution < 1.29 is 9.13 Å². The first kappa shape index (κ1) is 24.7. The van der Waals surface area contributed by atoms with Gasteiger partial charge in [-0.25, -0.2) is 9.38 Å². The summed E-state index contributed by atoms with van der Waals surface area (Å²) >= 11 is 0. The molecular weight excluding hydrogens is 524 g/mol. The minimum atomic E-state index is -0.190. The van der Waals surface area contributed by atoms with Gasteiger partial charge in [0.05, 0.1) is 6.10 Å². The molecule has 0 aliphatic carbocycles. The lowest BCUT2D eigenvalue weighted by Crippen LogP contribution is -2.50. The van der Waals surface area contributed by atoms with Crippen LogP contribution in [0.3, 0.4) is 0 Å². The number of benzene rings is 1. The highest BCUT2D eigenvalue weighted by Crippen LogP contribution is 2.21. The van der Waals surface area contributed by atoms with E-state index in [1.807, 2.05) is 24.6 Å². The lowest BCUT2D eigenvalue weighted by Gasteiger charge is -2.34. The maximum atomic E-state index is 13.6. The van der Waals surface area contributed by atoms with Gasteiger partial charge in [0.2, 0.25) is 0 Å². The van der Waals surface area contributed by atoms with E-state index in [1.165, 1.54) is 6.07 Å². The number of guanidine groups is 1. The molecule has 1 unspecified atom stereocenters. The number of hydrogen-bond donors (Lipinski definition) is 2. The summed E-state index contributed by atoms with van der Waals surface area (Å²) in [6.07, 6.45) is 4.34. The number of nitrogens with zero attached hydrogens (tertiary/aromatic N) is 5. The van der Waals surface area contributed by atoms with Crippen molar-refractivity contribution in [3.63, 3.8) is 0 Å². The normalized spacial score (nSPS) is 19.7. The van der Waals surface area contributed by atoms with E-state index in [4.69, 9.17) is 9.73 Å². The van der Waals surface area contributed by atoms with E-state index in [0.29, 0.717) is 12.6 Å². The molecule has 2 saturated heterocycles. The molecule has 0 saturated carbocycles. The Balaban J connectivity index is 0.00000289. The Morgan fingerprint density at radius 1 is 1.25 bits per heavy atom. The van der Waals surface area contributed by atoms with Crippen molar-refractivity contribution in [2.24, 2.45) is 12.0 Å². The van der Waals surface area contributed by atoms with E-state index >= 15 is 0 Å². The summed E-state index contributed by atoms with van der Waals surface area (Å²) in [6.45, 7) is 5.72. The number of aromatic nitrogens is 3. The van der Waals surface area contributed by atoms with E-state index in [-0.39, 0.29) is 35.9 Å². The monoisotopic (exact) mass is 557 g/mol. The van der Waals surface area contributed by atoms with Crippen molar-refractivity contribution in [2.45, 2.75) is 51.3 Å². The van der Waals surface area contributed by atoms with Crippen LogP contribution in [0, 0.1) is 12.7 Å². The van der Waals surface area contributed by atoms with Gasteiger partial charge in [0.25, 0.3) is 0 Å². The quantitative estimate of drug-likeness (QED) is 0.323. The minimum Gasteiger partial charge on any atom is -0.376 e. The molecule has 2 aliphatic heterocycles. The van der Waals surface area contributed by atoms with Gasteiger partial charge in [0, 0.05) is 45.0 Å². The minimum absolute atomic E-state index is 0. The Bertz CT molecular complexity index is 892. The smallest absolute Gasteiger partial charge is 0.192 e. The first-order chi connectivity index (χ1) is 15.1. The number of rotatable bonds is 6. The van der Waals surface area contributed by atoms with E-state index in [1.54, 1.807) is 12.1 Å². The molecule has 0 bridgehead atoms. The van der Waals surface area contributed by atoms with Gasteiger partial charge >= 0.3 is 0 Å². The third-order valence-corrected chi connectivity index (χ3v) is 6.09. The molecule has 0 spiro atoms. The predicted octanol–water partition coefficient (Wildman–Crippen LogP) is 2.76. The highest BCUT2D eigenvalue weighted by Gasteiger charge is 2.22. The zero-order valence-electron chi connectivity index (χ0n) is 18.8. The third-order valence-electron chi connectivity index (χ3n) is 6.09. The van der Waals surface area contributed by atoms with Gasteiger partial charge in [-0.3, -0.25) is 0 Å². The van der Waals surface area contributed by atoms with E-state index < -0.39 is 0 Å². The Labute approximate surface area is 206 Å². The van der Waals surface area contributed by atoms with E-state index in [0.717, 1.165) is 75.2 Å². The van der Waals surface area contributed by atoms with Gasteiger partial charge in [-0.05, 0) is 50.8 Å². The second-order valence-electron chi connectivity index (χ2n) is 8.29. The van der Waals surface area contributed by atoms with Gasteiger partial charge in [-0.2, -0.15) is 0 Å². The SMILES string of the molecule is Cc1nnc(CN=C(NCC2CCCO2)NC2CCN(c3cccc(F)c3)CC2)n1C.I. The Kier molecular flexibility index (Phi) is 9.09. The van der Waals surface area contributed by atoms with Crippen molar-refractivity contribution in [1.82, 2.24) is 25.4 Å². The summed E-state index contributed by atoms with van der Waals surface area (Å²) in [5.41, 5.74) is 0.946. The average molecular weight is 557 g/mol. The van der Waals surface area contributed by atoms with Crippen molar-refractivity contribution in [3.8, 4) is 0 Å². The van der Waals surface area contributed by atoms with Crippen molar-refractivity contribution in [3.05, 3.63) is 41.7 Å². The van der Waals surface area contributed by atoms with Crippen LogP contribution in [0.15, 0.2) is 29.3 Å². The third kappa shape index (κ3) is 6.53. The molecule has 1 atom stereocenters. The van der Waals surface area contributed by atoms with Crippen molar-refractivity contribution >= 4 is 35.6 Å². The highest BCUT2D eigenvalue weighted by molar-refractivity contribution is 14.0. The molecule has 1 aromatic carbocycles. The topological polar surface area (TPSA) is 79.6 Å². The number of halogens is 2. The average Bonchev–Trinajstić information content (AvgIpc) is 3.41. The molecule has 0 amide bonds. The first-order valence-electron chi connectivity index (χ1n) is 11.1. The zero-order valence-corrected chi connectivity index (χ0v) is 21.1. The number of hydrogen-bond acceptors (Lipinski definition) is 5. The molecule has 2 aromatic rings. The molecule has 0 radical (unpaired) electrons. The molecule has 2 N–H and O–H groups in total. The largest absolute Gasteiger partial charge is 0.376 e. The summed E-state index contributed by atoms with van der Waals surface area (Å²) in [7, 11) is 1.95.